The maximum absolute atomic E-state index is 12.1. The quantitative estimate of drug-likeness (QED) is 0.669. The smallest absolute Gasteiger partial charge is 0.223 e. The molecule has 0 bridgehead atoms. The first-order valence-corrected chi connectivity index (χ1v) is 9.47. The zero-order valence-corrected chi connectivity index (χ0v) is 17.8. The Morgan fingerprint density at radius 1 is 1.04 bits per heavy atom. The van der Waals surface area contributed by atoms with Crippen LogP contribution in [0.3, 0.4) is 0 Å². The highest BCUT2D eigenvalue weighted by atomic mass is 35.5. The van der Waals surface area contributed by atoms with Crippen molar-refractivity contribution in [3.8, 4) is 0 Å². The van der Waals surface area contributed by atoms with Gasteiger partial charge in [-0.15, -0.1) is 24.8 Å². The Hall–Kier alpha value is -0.560. The monoisotopic (exact) mass is 410 g/mol. The number of hydrogen-bond acceptors (Lipinski definition) is 4. The third-order valence-electron chi connectivity index (χ3n) is 5.33. The number of amides is 2. The molecule has 2 aliphatic heterocycles. The molecule has 0 spiro atoms. The van der Waals surface area contributed by atoms with Gasteiger partial charge in [-0.3, -0.25) is 9.59 Å². The lowest BCUT2D eigenvalue weighted by molar-refractivity contribution is -0.129. The van der Waals surface area contributed by atoms with Gasteiger partial charge in [-0.05, 0) is 51.1 Å². The van der Waals surface area contributed by atoms with Gasteiger partial charge in [0.2, 0.25) is 11.8 Å². The number of nitrogens with zero attached hydrogens (tertiary/aromatic N) is 2. The maximum atomic E-state index is 12.1. The highest BCUT2D eigenvalue weighted by Gasteiger charge is 2.22. The third kappa shape index (κ3) is 9.40. The summed E-state index contributed by atoms with van der Waals surface area (Å²) >= 11 is 0. The van der Waals surface area contributed by atoms with Crippen molar-refractivity contribution in [3.05, 3.63) is 0 Å². The van der Waals surface area contributed by atoms with Crippen molar-refractivity contribution in [3.63, 3.8) is 0 Å². The lowest BCUT2D eigenvalue weighted by Crippen LogP contribution is -2.45. The van der Waals surface area contributed by atoms with Crippen LogP contribution in [0.2, 0.25) is 0 Å². The van der Waals surface area contributed by atoms with Crippen molar-refractivity contribution >= 4 is 36.6 Å². The van der Waals surface area contributed by atoms with Crippen LogP contribution in [0.5, 0.6) is 0 Å². The van der Waals surface area contributed by atoms with Crippen LogP contribution in [-0.2, 0) is 9.59 Å². The Balaban J connectivity index is 0.00000312. The zero-order chi connectivity index (χ0) is 17.4. The van der Waals surface area contributed by atoms with Crippen LogP contribution in [0, 0.1) is 5.92 Å². The van der Waals surface area contributed by atoms with Crippen LogP contribution >= 0.6 is 24.8 Å². The molecule has 0 aromatic rings. The number of nitrogens with one attached hydrogen (secondary N) is 2. The SMILES string of the molecule is CN(C)C(=O)CCN1CCC(NC(=O)CCC2CCNCC2)CC1.Cl.Cl. The molecule has 0 aromatic heterocycles. The molecule has 0 saturated carbocycles. The van der Waals surface area contributed by atoms with Crippen molar-refractivity contribution in [2.75, 3.05) is 46.8 Å². The minimum atomic E-state index is 0. The summed E-state index contributed by atoms with van der Waals surface area (Å²) in [5.74, 6) is 1.12. The summed E-state index contributed by atoms with van der Waals surface area (Å²) in [7, 11) is 3.60. The molecule has 0 aliphatic carbocycles. The van der Waals surface area contributed by atoms with Gasteiger partial charge in [-0.25, -0.2) is 0 Å². The first kappa shape index (κ1) is 25.4. The molecule has 8 heteroatoms. The second-order valence-electron chi connectivity index (χ2n) is 7.45. The largest absolute Gasteiger partial charge is 0.353 e. The minimum absolute atomic E-state index is 0. The van der Waals surface area contributed by atoms with Gasteiger partial charge in [0.15, 0.2) is 0 Å². The third-order valence-corrected chi connectivity index (χ3v) is 5.33. The molecule has 26 heavy (non-hydrogen) atoms. The molecule has 0 radical (unpaired) electrons. The summed E-state index contributed by atoms with van der Waals surface area (Å²) < 4.78 is 0. The Bertz CT molecular complexity index is 410. The van der Waals surface area contributed by atoms with Crippen molar-refractivity contribution in [1.29, 1.82) is 0 Å². The normalized spacial score (nSPS) is 19.2. The van der Waals surface area contributed by atoms with E-state index < -0.39 is 0 Å². The summed E-state index contributed by atoms with van der Waals surface area (Å²) in [5, 5.41) is 6.57. The van der Waals surface area contributed by atoms with Crippen LogP contribution in [-0.4, -0.2) is 74.5 Å². The van der Waals surface area contributed by atoms with E-state index in [2.05, 4.69) is 15.5 Å². The van der Waals surface area contributed by atoms with Crippen LogP contribution in [0.15, 0.2) is 0 Å². The molecule has 0 unspecified atom stereocenters. The van der Waals surface area contributed by atoms with E-state index in [4.69, 9.17) is 0 Å². The van der Waals surface area contributed by atoms with E-state index in [1.54, 1.807) is 19.0 Å². The Labute approximate surface area is 170 Å². The standard InChI is InChI=1S/C18H34N4O2.2ClH/c1-21(2)18(24)9-14-22-12-7-16(8-13-22)20-17(23)4-3-15-5-10-19-11-6-15;;/h15-16,19H,3-14H2,1-2H3,(H,20,23);2*1H. The van der Waals surface area contributed by atoms with Gasteiger partial charge < -0.3 is 20.4 Å². The number of carbonyl (C=O) groups is 2. The van der Waals surface area contributed by atoms with E-state index in [0.717, 1.165) is 52.0 Å². The molecule has 2 amide bonds. The molecule has 0 aromatic carbocycles. The van der Waals surface area contributed by atoms with Crippen LogP contribution in [0.25, 0.3) is 0 Å². The topological polar surface area (TPSA) is 64.7 Å². The summed E-state index contributed by atoms with van der Waals surface area (Å²) in [5.41, 5.74) is 0. The van der Waals surface area contributed by atoms with Crippen molar-refractivity contribution in [1.82, 2.24) is 20.4 Å². The van der Waals surface area contributed by atoms with Crippen LogP contribution in [0.1, 0.15) is 44.9 Å². The number of likely N-dealkylation sites (tertiary alicyclic amines) is 1. The first-order valence-electron chi connectivity index (χ1n) is 9.47. The summed E-state index contributed by atoms with van der Waals surface area (Å²) in [6.45, 7) is 4.97. The second kappa shape index (κ2) is 13.6. The van der Waals surface area contributed by atoms with Gasteiger partial charge in [0, 0.05) is 52.6 Å². The maximum Gasteiger partial charge on any atom is 0.223 e. The fourth-order valence-corrected chi connectivity index (χ4v) is 3.58. The Morgan fingerprint density at radius 2 is 1.65 bits per heavy atom. The van der Waals surface area contributed by atoms with Gasteiger partial charge in [-0.2, -0.15) is 0 Å². The molecular weight excluding hydrogens is 375 g/mol. The van der Waals surface area contributed by atoms with E-state index in [0.29, 0.717) is 24.8 Å². The molecule has 6 nitrogen and oxygen atoms in total. The van der Waals surface area contributed by atoms with E-state index >= 15 is 0 Å². The fourth-order valence-electron chi connectivity index (χ4n) is 3.58. The number of halogens is 2. The molecule has 0 atom stereocenters. The highest BCUT2D eigenvalue weighted by Crippen LogP contribution is 2.18. The van der Waals surface area contributed by atoms with Gasteiger partial charge >= 0.3 is 0 Å². The molecule has 2 N–H and O–H groups in total. The molecular formula is C18H36Cl2N4O2. The van der Waals surface area contributed by atoms with Gasteiger partial charge in [0.25, 0.3) is 0 Å². The molecule has 2 rings (SSSR count). The lowest BCUT2D eigenvalue weighted by Gasteiger charge is -2.32. The Kier molecular flexibility index (Phi) is 13.3. The number of hydrogen-bond donors (Lipinski definition) is 2. The van der Waals surface area contributed by atoms with E-state index in [-0.39, 0.29) is 36.6 Å². The predicted octanol–water partition coefficient (Wildman–Crippen LogP) is 1.67. The fraction of sp³-hybridized carbons (Fsp3) is 0.889. The predicted molar refractivity (Wildman–Crippen MR) is 110 cm³/mol. The molecule has 2 fully saturated rings. The van der Waals surface area contributed by atoms with Crippen molar-refractivity contribution < 1.29 is 9.59 Å². The zero-order valence-electron chi connectivity index (χ0n) is 16.2. The summed E-state index contributed by atoms with van der Waals surface area (Å²) in [6.07, 6.45) is 6.68. The average Bonchev–Trinajstić information content (AvgIpc) is 2.60. The molecule has 2 heterocycles. The van der Waals surface area contributed by atoms with E-state index in [1.165, 1.54) is 12.8 Å². The van der Waals surface area contributed by atoms with Crippen molar-refractivity contribution in [2.45, 2.75) is 51.0 Å². The molecule has 2 aliphatic rings. The lowest BCUT2D eigenvalue weighted by atomic mass is 9.93. The molecule has 2 saturated heterocycles. The Morgan fingerprint density at radius 3 is 2.23 bits per heavy atom. The van der Waals surface area contributed by atoms with Crippen LogP contribution < -0.4 is 10.6 Å². The molecule has 154 valence electrons. The average molecular weight is 411 g/mol. The van der Waals surface area contributed by atoms with Gasteiger partial charge in [0.05, 0.1) is 0 Å². The van der Waals surface area contributed by atoms with E-state index in [9.17, 15) is 9.59 Å². The summed E-state index contributed by atoms with van der Waals surface area (Å²) in [6, 6.07) is 0.311. The first-order chi connectivity index (χ1) is 11.5. The highest BCUT2D eigenvalue weighted by molar-refractivity contribution is 5.85. The van der Waals surface area contributed by atoms with Crippen molar-refractivity contribution in [2.24, 2.45) is 5.92 Å². The van der Waals surface area contributed by atoms with Gasteiger partial charge in [-0.1, -0.05) is 0 Å². The second-order valence-corrected chi connectivity index (χ2v) is 7.45. The van der Waals surface area contributed by atoms with Gasteiger partial charge in [0.1, 0.15) is 0 Å². The number of rotatable bonds is 7. The summed E-state index contributed by atoms with van der Waals surface area (Å²) in [4.78, 5) is 27.8. The number of piperidine rings is 2. The van der Waals surface area contributed by atoms with E-state index in [1.807, 2.05) is 0 Å². The minimum Gasteiger partial charge on any atom is -0.353 e. The van der Waals surface area contributed by atoms with Crippen LogP contribution in [0.4, 0.5) is 0 Å². The number of carbonyl (C=O) groups excluding carboxylic acids is 2.